The summed E-state index contributed by atoms with van der Waals surface area (Å²) in [4.78, 5) is 50.9. The van der Waals surface area contributed by atoms with Gasteiger partial charge in [0, 0.05) is 19.2 Å². The Balaban J connectivity index is 1.78. The average molecular weight is 536 g/mol. The van der Waals surface area contributed by atoms with E-state index in [9.17, 15) is 19.3 Å². The molecule has 13 heteroatoms. The predicted molar refractivity (Wildman–Crippen MR) is 142 cm³/mol. The Labute approximate surface area is 219 Å². The van der Waals surface area contributed by atoms with E-state index >= 15 is 0 Å². The van der Waals surface area contributed by atoms with Gasteiger partial charge in [-0.3, -0.25) is 19.7 Å². The molecule has 3 N–H and O–H groups in total. The molecule has 0 fully saturated rings. The summed E-state index contributed by atoms with van der Waals surface area (Å²) >= 11 is 0.965. The molecule has 2 rings (SSSR count). The van der Waals surface area contributed by atoms with Gasteiger partial charge in [-0.2, -0.15) is 0 Å². The summed E-state index contributed by atoms with van der Waals surface area (Å²) < 4.78 is 16.1. The van der Waals surface area contributed by atoms with Crippen molar-refractivity contribution in [2.45, 2.75) is 46.6 Å². The molecule has 0 aliphatic rings. The van der Waals surface area contributed by atoms with Crippen molar-refractivity contribution in [3.05, 3.63) is 34.4 Å². The Morgan fingerprint density at radius 2 is 1.76 bits per heavy atom. The van der Waals surface area contributed by atoms with Crippen LogP contribution in [0.2, 0.25) is 0 Å². The third kappa shape index (κ3) is 11.0. The Hall–Kier alpha value is -3.42. The minimum atomic E-state index is -0.510. The highest BCUT2D eigenvalue weighted by Crippen LogP contribution is 2.31. The number of aryl methyl sites for hydroxylation is 1. The molecule has 0 atom stereocenters. The number of benzene rings is 1. The Morgan fingerprint density at radius 3 is 2.38 bits per heavy atom. The van der Waals surface area contributed by atoms with E-state index in [1.165, 1.54) is 6.92 Å². The van der Waals surface area contributed by atoms with Gasteiger partial charge in [-0.25, -0.2) is 4.98 Å². The van der Waals surface area contributed by atoms with Crippen LogP contribution < -0.4 is 16.0 Å². The van der Waals surface area contributed by atoms with E-state index in [2.05, 4.69) is 26.1 Å². The van der Waals surface area contributed by atoms with Crippen LogP contribution in [-0.2, 0) is 23.8 Å². The molecule has 1 aromatic carbocycles. The van der Waals surface area contributed by atoms with Crippen molar-refractivity contribution in [1.29, 1.82) is 0 Å². The normalized spacial score (nSPS) is 11.1. The third-order valence-electron chi connectivity index (χ3n) is 4.47. The number of ether oxygens (including phenoxy) is 3. The Bertz CT molecular complexity index is 1100. The van der Waals surface area contributed by atoms with Crippen molar-refractivity contribution in [3.8, 4) is 0 Å². The minimum Gasteiger partial charge on any atom is -0.460 e. The van der Waals surface area contributed by atoms with Crippen LogP contribution in [-0.4, -0.2) is 61.3 Å². The maximum Gasteiger partial charge on any atom is 0.308 e. The van der Waals surface area contributed by atoms with Gasteiger partial charge in [0.1, 0.15) is 5.60 Å². The number of anilines is 3. The zero-order chi connectivity index (χ0) is 27.4. The van der Waals surface area contributed by atoms with Gasteiger partial charge in [0.05, 0.1) is 49.8 Å². The van der Waals surface area contributed by atoms with Crippen LogP contribution in [0.4, 0.5) is 21.5 Å². The average Bonchev–Trinajstić information content (AvgIpc) is 3.15. The number of amides is 2. The van der Waals surface area contributed by atoms with E-state index in [-0.39, 0.29) is 40.6 Å². The number of hydrogen-bond donors (Lipinski definition) is 3. The number of aromatic nitrogens is 1. The molecule has 0 radical (unpaired) electrons. The van der Waals surface area contributed by atoms with Crippen LogP contribution in [0.1, 0.15) is 50.2 Å². The van der Waals surface area contributed by atoms with E-state index < -0.39 is 11.5 Å². The van der Waals surface area contributed by atoms with Crippen LogP contribution in [0.3, 0.4) is 0 Å². The lowest BCUT2D eigenvalue weighted by Gasteiger charge is -2.19. The fraction of sp³-hybridized carbons (Fsp3) is 0.500. The Kier molecular flexibility index (Phi) is 11.6. The molecule has 1 aromatic heterocycles. The number of nitrogens with zero attached hydrogens (tertiary/aromatic N) is 2. The van der Waals surface area contributed by atoms with Crippen molar-refractivity contribution >= 4 is 50.6 Å². The third-order valence-corrected chi connectivity index (χ3v) is 5.42. The summed E-state index contributed by atoms with van der Waals surface area (Å²) in [5.41, 5.74) is 1.14. The summed E-state index contributed by atoms with van der Waals surface area (Å²) in [5, 5.41) is 11.7. The highest BCUT2D eigenvalue weighted by atomic mass is 32.1. The maximum atomic E-state index is 12.8. The molecule has 202 valence electrons. The van der Waals surface area contributed by atoms with Crippen molar-refractivity contribution < 1.29 is 28.6 Å². The summed E-state index contributed by atoms with van der Waals surface area (Å²) in [6.07, 6.45) is 0.184. The van der Waals surface area contributed by atoms with E-state index in [4.69, 9.17) is 14.2 Å². The number of hydrogen-bond acceptors (Lipinski definition) is 11. The molecule has 0 bridgehead atoms. The molecule has 0 aliphatic carbocycles. The minimum absolute atomic E-state index is 0.184. The lowest BCUT2D eigenvalue weighted by molar-refractivity contribution is -0.156. The summed E-state index contributed by atoms with van der Waals surface area (Å²) in [6.45, 7) is 10.3. The molecule has 0 unspecified atom stereocenters. The maximum absolute atomic E-state index is 12.8. The summed E-state index contributed by atoms with van der Waals surface area (Å²) in [5.74, 6) is -1.13. The van der Waals surface area contributed by atoms with Gasteiger partial charge in [-0.05, 0) is 51.1 Å². The monoisotopic (exact) mass is 535 g/mol. The smallest absolute Gasteiger partial charge is 0.308 e. The quantitative estimate of drug-likeness (QED) is 0.183. The Morgan fingerprint density at radius 1 is 1.05 bits per heavy atom. The number of thiazole rings is 1. The standard InChI is InChI=1S/C24H33N5O7S/c1-15-22(29-33)37-23(26-15)28-21(32)18-7-6-17(14-19(18)27-16(2)30)25-9-11-35-13-12-34-10-8-20(31)36-24(3,4)5/h6-7,14,25H,8-13H2,1-5H3,(H,27,30)(H,26,28,32). The molecular weight excluding hydrogens is 502 g/mol. The van der Waals surface area contributed by atoms with Gasteiger partial charge >= 0.3 is 5.97 Å². The van der Waals surface area contributed by atoms with Gasteiger partial charge < -0.3 is 24.8 Å². The second-order valence-corrected chi connectivity index (χ2v) is 9.86. The number of esters is 1. The molecule has 2 amide bonds. The first-order chi connectivity index (χ1) is 17.5. The van der Waals surface area contributed by atoms with Crippen molar-refractivity contribution in [2.24, 2.45) is 5.18 Å². The zero-order valence-corrected chi connectivity index (χ0v) is 22.5. The molecule has 0 aliphatic heterocycles. The summed E-state index contributed by atoms with van der Waals surface area (Å²) in [6, 6.07) is 4.91. The van der Waals surface area contributed by atoms with E-state index in [1.54, 1.807) is 25.1 Å². The fourth-order valence-corrected chi connectivity index (χ4v) is 3.71. The predicted octanol–water partition coefficient (Wildman–Crippen LogP) is 4.24. The first-order valence-electron chi connectivity index (χ1n) is 11.6. The number of nitrogens with one attached hydrogen (secondary N) is 3. The molecule has 12 nitrogen and oxygen atoms in total. The van der Waals surface area contributed by atoms with Crippen molar-refractivity contribution in [2.75, 3.05) is 48.9 Å². The van der Waals surface area contributed by atoms with Crippen LogP contribution >= 0.6 is 11.3 Å². The molecule has 0 saturated carbocycles. The van der Waals surface area contributed by atoms with Crippen LogP contribution in [0.5, 0.6) is 0 Å². The van der Waals surface area contributed by atoms with Gasteiger partial charge in [0.25, 0.3) is 5.91 Å². The number of carbonyl (C=O) groups is 3. The van der Waals surface area contributed by atoms with Crippen LogP contribution in [0.25, 0.3) is 0 Å². The van der Waals surface area contributed by atoms with E-state index in [0.29, 0.717) is 43.4 Å². The van der Waals surface area contributed by atoms with E-state index in [0.717, 1.165) is 11.3 Å². The first-order valence-corrected chi connectivity index (χ1v) is 12.4. The van der Waals surface area contributed by atoms with Crippen LogP contribution in [0, 0.1) is 11.8 Å². The molecule has 1 heterocycles. The molecule has 2 aromatic rings. The molecular formula is C24H33N5O7S. The largest absolute Gasteiger partial charge is 0.460 e. The lowest BCUT2D eigenvalue weighted by atomic mass is 10.1. The van der Waals surface area contributed by atoms with Crippen LogP contribution in [0.15, 0.2) is 23.4 Å². The molecule has 0 spiro atoms. The first kappa shape index (κ1) is 29.8. The van der Waals surface area contributed by atoms with Gasteiger partial charge in [0.2, 0.25) is 5.91 Å². The highest BCUT2D eigenvalue weighted by Gasteiger charge is 2.17. The van der Waals surface area contributed by atoms with Crippen molar-refractivity contribution in [3.63, 3.8) is 0 Å². The number of carbonyl (C=O) groups excluding carboxylic acids is 3. The van der Waals surface area contributed by atoms with E-state index in [1.807, 2.05) is 20.8 Å². The fourth-order valence-electron chi connectivity index (χ4n) is 2.97. The van der Waals surface area contributed by atoms with Gasteiger partial charge in [-0.1, -0.05) is 11.3 Å². The molecule has 0 saturated heterocycles. The topological polar surface area (TPSA) is 157 Å². The molecule has 37 heavy (non-hydrogen) atoms. The lowest BCUT2D eigenvalue weighted by Crippen LogP contribution is -2.24. The number of nitroso groups, excluding NO2 is 1. The van der Waals surface area contributed by atoms with Gasteiger partial charge in [0.15, 0.2) is 10.1 Å². The second-order valence-electron chi connectivity index (χ2n) is 8.88. The SMILES string of the molecule is CC(=O)Nc1cc(NCCOCCOCCC(=O)OC(C)(C)C)ccc1C(=O)Nc1nc(C)c(N=O)s1. The highest BCUT2D eigenvalue weighted by molar-refractivity contribution is 7.19. The van der Waals surface area contributed by atoms with Crippen molar-refractivity contribution in [1.82, 2.24) is 4.98 Å². The van der Waals surface area contributed by atoms with Gasteiger partial charge in [-0.15, -0.1) is 4.91 Å². The summed E-state index contributed by atoms with van der Waals surface area (Å²) in [7, 11) is 0. The second kappa shape index (κ2) is 14.4. The zero-order valence-electron chi connectivity index (χ0n) is 21.6. The number of rotatable bonds is 14.